The zero-order chi connectivity index (χ0) is 27.1. The highest BCUT2D eigenvalue weighted by atomic mass is 16.3. The van der Waals surface area contributed by atoms with E-state index in [0.29, 0.717) is 11.4 Å². The molecule has 0 heterocycles. The normalized spacial score (nSPS) is 12.9. The van der Waals surface area contributed by atoms with E-state index in [0.717, 1.165) is 11.4 Å². The molecule has 6 N–H and O–H groups in total. The second-order valence-corrected chi connectivity index (χ2v) is 8.95. The fourth-order valence-corrected chi connectivity index (χ4v) is 4.58. The Morgan fingerprint density at radius 3 is 1.00 bits per heavy atom. The maximum atomic E-state index is 10.9. The van der Waals surface area contributed by atoms with Crippen LogP contribution in [0.3, 0.4) is 0 Å². The van der Waals surface area contributed by atoms with Crippen molar-refractivity contribution < 1.29 is 30.6 Å². The third-order valence-corrected chi connectivity index (χ3v) is 6.67. The Labute approximate surface area is 219 Å². The highest BCUT2D eigenvalue weighted by Gasteiger charge is 2.37. The van der Waals surface area contributed by atoms with Gasteiger partial charge in [0.2, 0.25) is 0 Å². The molecule has 1 aliphatic rings. The molecule has 0 atom stereocenters. The Kier molecular flexibility index (Phi) is 6.00. The molecule has 38 heavy (non-hydrogen) atoms. The Morgan fingerprint density at radius 2 is 0.711 bits per heavy atom. The first-order chi connectivity index (χ1) is 18.2. The van der Waals surface area contributed by atoms with Crippen LogP contribution in [0.4, 0.5) is 22.7 Å². The lowest BCUT2D eigenvalue weighted by Crippen LogP contribution is -2.13. The average Bonchev–Trinajstić information content (AvgIpc) is 2.92. The number of allylic oxidation sites excluding steroid dienone is 2. The molecular formula is C30H26N2O6. The Morgan fingerprint density at radius 1 is 0.421 bits per heavy atom. The van der Waals surface area contributed by atoms with Crippen molar-refractivity contribution in [3.8, 4) is 23.0 Å². The molecule has 0 aliphatic heterocycles. The van der Waals surface area contributed by atoms with Crippen molar-refractivity contribution in [1.29, 1.82) is 0 Å². The predicted octanol–water partition coefficient (Wildman–Crippen LogP) is 6.30. The second-order valence-electron chi connectivity index (χ2n) is 8.95. The number of hydrogen-bond acceptors (Lipinski definition) is 8. The number of para-hydroxylation sites is 2. The summed E-state index contributed by atoms with van der Waals surface area (Å²) in [5, 5.41) is 64.7. The number of phenols is 4. The van der Waals surface area contributed by atoms with Crippen LogP contribution in [-0.2, 0) is 0 Å². The van der Waals surface area contributed by atoms with E-state index < -0.39 is 11.5 Å². The lowest BCUT2D eigenvalue weighted by Gasteiger charge is -2.28. The highest BCUT2D eigenvalue weighted by molar-refractivity contribution is 6.10. The molecule has 192 valence electrons. The third kappa shape index (κ3) is 3.98. The average molecular weight is 511 g/mol. The minimum absolute atomic E-state index is 0.173. The molecule has 5 rings (SSSR count). The molecule has 0 aromatic heterocycles. The van der Waals surface area contributed by atoms with Crippen molar-refractivity contribution in [2.45, 2.75) is 0 Å². The molecule has 0 bridgehead atoms. The van der Waals surface area contributed by atoms with Gasteiger partial charge in [-0.05, 0) is 24.3 Å². The largest absolute Gasteiger partial charge is 0.507 e. The SMILES string of the molecule is CN(c1ccccc1)c1cc(O)c(C2=C(O)C(c3c(O)cc(N(C)c4ccccc4)cc3O)=C2O)c(O)c1. The molecule has 0 saturated heterocycles. The zero-order valence-electron chi connectivity index (χ0n) is 20.7. The van der Waals surface area contributed by atoms with Gasteiger partial charge in [-0.3, -0.25) is 0 Å². The number of benzene rings is 4. The Balaban J connectivity index is 1.48. The van der Waals surface area contributed by atoms with Gasteiger partial charge in [0.05, 0.1) is 22.3 Å². The summed E-state index contributed by atoms with van der Waals surface area (Å²) >= 11 is 0. The van der Waals surface area contributed by atoms with E-state index in [-0.39, 0.29) is 45.3 Å². The van der Waals surface area contributed by atoms with E-state index in [4.69, 9.17) is 0 Å². The van der Waals surface area contributed by atoms with Crippen LogP contribution < -0.4 is 9.80 Å². The molecule has 1 aliphatic carbocycles. The summed E-state index contributed by atoms with van der Waals surface area (Å²) in [5.41, 5.74) is 1.85. The fourth-order valence-electron chi connectivity index (χ4n) is 4.58. The molecule has 4 aromatic carbocycles. The van der Waals surface area contributed by atoms with Crippen molar-refractivity contribution >= 4 is 33.9 Å². The number of rotatable bonds is 6. The quantitative estimate of drug-likeness (QED) is 0.178. The van der Waals surface area contributed by atoms with Crippen LogP contribution in [0.15, 0.2) is 96.4 Å². The number of hydrogen-bond donors (Lipinski definition) is 6. The van der Waals surface area contributed by atoms with Crippen molar-refractivity contribution in [2.24, 2.45) is 0 Å². The van der Waals surface area contributed by atoms with Gasteiger partial charge >= 0.3 is 0 Å². The molecule has 0 amide bonds. The summed E-state index contributed by atoms with van der Waals surface area (Å²) in [4.78, 5) is 3.51. The van der Waals surface area contributed by atoms with Gasteiger partial charge in [-0.1, -0.05) is 36.4 Å². The van der Waals surface area contributed by atoms with Crippen LogP contribution in [0.5, 0.6) is 23.0 Å². The van der Waals surface area contributed by atoms with Crippen molar-refractivity contribution in [3.05, 3.63) is 108 Å². The number of nitrogens with zero attached hydrogens (tertiary/aromatic N) is 2. The van der Waals surface area contributed by atoms with Gasteiger partial charge in [0.15, 0.2) is 0 Å². The predicted molar refractivity (Wildman–Crippen MR) is 148 cm³/mol. The van der Waals surface area contributed by atoms with Crippen LogP contribution in [0.1, 0.15) is 11.1 Å². The molecule has 0 spiro atoms. The minimum atomic E-state index is -0.493. The molecule has 4 aromatic rings. The standard InChI is InChI=1S/C30H26N2O6/c1-31(17-9-5-3-6-10-17)19-13-21(33)25(22(34)14-19)27-29(37)28(30(27)38)26-23(35)15-20(16-24(26)36)32(2)18-11-7-4-8-12-18/h3-16,33-38H,1-2H3. The monoisotopic (exact) mass is 510 g/mol. The van der Waals surface area contributed by atoms with Gasteiger partial charge in [-0.2, -0.15) is 0 Å². The van der Waals surface area contributed by atoms with Gasteiger partial charge in [-0.25, -0.2) is 0 Å². The Hall–Kier alpha value is -5.24. The van der Waals surface area contributed by atoms with E-state index in [1.165, 1.54) is 24.3 Å². The topological polar surface area (TPSA) is 128 Å². The first kappa shape index (κ1) is 24.5. The van der Waals surface area contributed by atoms with Crippen LogP contribution >= 0.6 is 0 Å². The summed E-state index contributed by atoms with van der Waals surface area (Å²) in [6.07, 6.45) is 0. The van der Waals surface area contributed by atoms with E-state index in [9.17, 15) is 30.6 Å². The van der Waals surface area contributed by atoms with Crippen LogP contribution in [0, 0.1) is 0 Å². The lowest BCUT2D eigenvalue weighted by molar-refractivity contribution is 0.382. The molecular weight excluding hydrogens is 484 g/mol. The van der Waals surface area contributed by atoms with E-state index in [1.807, 2.05) is 60.7 Å². The van der Waals surface area contributed by atoms with Crippen molar-refractivity contribution in [3.63, 3.8) is 0 Å². The van der Waals surface area contributed by atoms with Gasteiger partial charge < -0.3 is 40.4 Å². The van der Waals surface area contributed by atoms with Crippen LogP contribution in [0.2, 0.25) is 0 Å². The second kappa shape index (κ2) is 9.33. The fraction of sp³-hybridized carbons (Fsp3) is 0.0667. The van der Waals surface area contributed by atoms with Gasteiger partial charge in [0.25, 0.3) is 0 Å². The van der Waals surface area contributed by atoms with Crippen LogP contribution in [0.25, 0.3) is 11.1 Å². The lowest BCUT2D eigenvalue weighted by atomic mass is 9.83. The van der Waals surface area contributed by atoms with E-state index in [1.54, 1.807) is 23.9 Å². The first-order valence-corrected chi connectivity index (χ1v) is 11.8. The first-order valence-electron chi connectivity index (χ1n) is 11.8. The third-order valence-electron chi connectivity index (χ3n) is 6.67. The number of aliphatic hydroxyl groups is 2. The van der Waals surface area contributed by atoms with Crippen molar-refractivity contribution in [2.75, 3.05) is 23.9 Å². The molecule has 0 saturated carbocycles. The number of phenolic OH excluding ortho intramolecular Hbond substituents is 4. The Bertz CT molecular complexity index is 1420. The van der Waals surface area contributed by atoms with Crippen molar-refractivity contribution in [1.82, 2.24) is 0 Å². The summed E-state index contributed by atoms with van der Waals surface area (Å²) in [5.74, 6) is -2.48. The summed E-state index contributed by atoms with van der Waals surface area (Å²) in [7, 11) is 3.53. The van der Waals surface area contributed by atoms with Crippen LogP contribution in [-0.4, -0.2) is 44.7 Å². The molecule has 0 unspecified atom stereocenters. The smallest absolute Gasteiger partial charge is 0.139 e. The van der Waals surface area contributed by atoms with E-state index >= 15 is 0 Å². The van der Waals surface area contributed by atoms with Gasteiger partial charge in [-0.15, -0.1) is 0 Å². The summed E-state index contributed by atoms with van der Waals surface area (Å²) < 4.78 is 0. The number of anilines is 4. The maximum Gasteiger partial charge on any atom is 0.139 e. The van der Waals surface area contributed by atoms with E-state index in [2.05, 4.69) is 0 Å². The molecule has 8 heteroatoms. The number of aliphatic hydroxyl groups excluding tert-OH is 2. The molecule has 0 fully saturated rings. The van der Waals surface area contributed by atoms with Gasteiger partial charge in [0, 0.05) is 61.1 Å². The summed E-state index contributed by atoms with van der Waals surface area (Å²) in [6.45, 7) is 0. The molecule has 8 nitrogen and oxygen atoms in total. The maximum absolute atomic E-state index is 10.9. The highest BCUT2D eigenvalue weighted by Crippen LogP contribution is 2.54. The number of aromatic hydroxyl groups is 4. The molecule has 0 radical (unpaired) electrons. The zero-order valence-corrected chi connectivity index (χ0v) is 20.7. The minimum Gasteiger partial charge on any atom is -0.507 e. The summed E-state index contributed by atoms with van der Waals surface area (Å²) in [6, 6.07) is 24.2. The van der Waals surface area contributed by atoms with Gasteiger partial charge in [0.1, 0.15) is 34.5 Å².